The van der Waals surface area contributed by atoms with Crippen LogP contribution >= 0.6 is 0 Å². The van der Waals surface area contributed by atoms with E-state index in [1.54, 1.807) is 55.5 Å². The van der Waals surface area contributed by atoms with Crippen molar-refractivity contribution in [2.24, 2.45) is 0 Å². The number of amides is 1. The Labute approximate surface area is 147 Å². The first-order valence-corrected chi connectivity index (χ1v) is 8.12. The van der Waals surface area contributed by atoms with Crippen LogP contribution in [0.5, 0.6) is 5.75 Å². The summed E-state index contributed by atoms with van der Waals surface area (Å²) in [5, 5.41) is 2.65. The largest absolute Gasteiger partial charge is 0.483 e. The molecule has 0 heterocycles. The lowest BCUT2D eigenvalue weighted by molar-refractivity contribution is -0.114. The van der Waals surface area contributed by atoms with E-state index in [1.807, 2.05) is 6.92 Å². The fourth-order valence-corrected chi connectivity index (χ4v) is 2.34. The van der Waals surface area contributed by atoms with Gasteiger partial charge in [-0.1, -0.05) is 6.92 Å². The van der Waals surface area contributed by atoms with Crippen molar-refractivity contribution >= 4 is 23.2 Å². The van der Waals surface area contributed by atoms with Crippen LogP contribution in [0.25, 0.3) is 0 Å². The molecule has 0 aromatic heterocycles. The second-order valence-electron chi connectivity index (χ2n) is 5.68. The molecular formula is C20H21NO4. The molecule has 0 fully saturated rings. The Morgan fingerprint density at radius 1 is 0.960 bits per heavy atom. The molecule has 0 aliphatic rings. The standard InChI is InChI=1S/C20H21NO4/c1-4-19(23)15-7-11-18(12-8-15)25-13(2)20(24)16-5-9-17(10-6-16)21-14(3)22/h5-13H,4H2,1-3H3,(H,21,22)/t13-/m0/s1. The number of Topliss-reactive ketones (excluding diaryl/α,β-unsaturated/α-hetero) is 2. The van der Waals surface area contributed by atoms with Crippen LogP contribution < -0.4 is 10.1 Å². The molecule has 25 heavy (non-hydrogen) atoms. The van der Waals surface area contributed by atoms with Gasteiger partial charge in [0.1, 0.15) is 5.75 Å². The van der Waals surface area contributed by atoms with Gasteiger partial charge in [0.05, 0.1) is 0 Å². The fourth-order valence-electron chi connectivity index (χ4n) is 2.34. The first-order chi connectivity index (χ1) is 11.9. The van der Waals surface area contributed by atoms with Gasteiger partial charge < -0.3 is 10.1 Å². The number of hydrogen-bond acceptors (Lipinski definition) is 4. The molecule has 0 aliphatic carbocycles. The molecule has 1 atom stereocenters. The average Bonchev–Trinajstić information content (AvgIpc) is 2.61. The van der Waals surface area contributed by atoms with Gasteiger partial charge in [0, 0.05) is 30.2 Å². The Morgan fingerprint density at radius 3 is 2.04 bits per heavy atom. The number of benzene rings is 2. The topological polar surface area (TPSA) is 72.5 Å². The monoisotopic (exact) mass is 339 g/mol. The van der Waals surface area contributed by atoms with Gasteiger partial charge in [0.15, 0.2) is 11.9 Å². The van der Waals surface area contributed by atoms with Crippen LogP contribution in [0.4, 0.5) is 5.69 Å². The summed E-state index contributed by atoms with van der Waals surface area (Å²) in [7, 11) is 0. The van der Waals surface area contributed by atoms with Gasteiger partial charge >= 0.3 is 0 Å². The lowest BCUT2D eigenvalue weighted by atomic mass is 10.1. The van der Waals surface area contributed by atoms with Crippen LogP contribution in [0.2, 0.25) is 0 Å². The maximum atomic E-state index is 12.4. The Morgan fingerprint density at radius 2 is 1.52 bits per heavy atom. The Hall–Kier alpha value is -2.95. The number of carbonyl (C=O) groups excluding carboxylic acids is 3. The van der Waals surface area contributed by atoms with Gasteiger partial charge in [-0.05, 0) is 55.5 Å². The maximum Gasteiger partial charge on any atom is 0.221 e. The Kier molecular flexibility index (Phi) is 6.06. The molecule has 0 unspecified atom stereocenters. The molecule has 5 nitrogen and oxygen atoms in total. The van der Waals surface area contributed by atoms with Gasteiger partial charge in [-0.3, -0.25) is 14.4 Å². The molecular weight excluding hydrogens is 318 g/mol. The highest BCUT2D eigenvalue weighted by atomic mass is 16.5. The minimum absolute atomic E-state index is 0.0648. The summed E-state index contributed by atoms with van der Waals surface area (Å²) in [6.07, 6.45) is -0.219. The number of ether oxygens (including phenoxy) is 1. The zero-order chi connectivity index (χ0) is 18.4. The lowest BCUT2D eigenvalue weighted by Crippen LogP contribution is -2.24. The molecule has 0 spiro atoms. The van der Waals surface area contributed by atoms with Gasteiger partial charge in [0.2, 0.25) is 11.7 Å². The van der Waals surface area contributed by atoms with E-state index in [0.717, 1.165) is 0 Å². The highest BCUT2D eigenvalue weighted by Gasteiger charge is 2.17. The van der Waals surface area contributed by atoms with E-state index in [9.17, 15) is 14.4 Å². The van der Waals surface area contributed by atoms with Gasteiger partial charge in [0.25, 0.3) is 0 Å². The molecule has 0 radical (unpaired) electrons. The molecule has 0 saturated carbocycles. The van der Waals surface area contributed by atoms with Gasteiger partial charge in [-0.15, -0.1) is 0 Å². The Balaban J connectivity index is 2.02. The number of ketones is 2. The minimum atomic E-state index is -0.667. The first-order valence-electron chi connectivity index (χ1n) is 8.12. The van der Waals surface area contributed by atoms with Crippen molar-refractivity contribution < 1.29 is 19.1 Å². The van der Waals surface area contributed by atoms with Crippen molar-refractivity contribution in [2.75, 3.05) is 5.32 Å². The summed E-state index contributed by atoms with van der Waals surface area (Å²) in [5.74, 6) is 0.266. The molecule has 0 bridgehead atoms. The van der Waals surface area contributed by atoms with Crippen LogP contribution in [0.1, 0.15) is 47.9 Å². The zero-order valence-corrected chi connectivity index (χ0v) is 14.5. The molecule has 5 heteroatoms. The molecule has 1 N–H and O–H groups in total. The second-order valence-corrected chi connectivity index (χ2v) is 5.68. The molecule has 1 amide bonds. The quantitative estimate of drug-likeness (QED) is 0.777. The third-order valence-corrected chi connectivity index (χ3v) is 3.67. The third kappa shape index (κ3) is 5.01. The van der Waals surface area contributed by atoms with Crippen molar-refractivity contribution in [1.29, 1.82) is 0 Å². The molecule has 2 aromatic rings. The van der Waals surface area contributed by atoms with Crippen LogP contribution in [0.15, 0.2) is 48.5 Å². The van der Waals surface area contributed by atoms with Crippen LogP contribution in [-0.2, 0) is 4.79 Å². The van der Waals surface area contributed by atoms with Crippen LogP contribution in [0.3, 0.4) is 0 Å². The van der Waals surface area contributed by atoms with E-state index >= 15 is 0 Å². The van der Waals surface area contributed by atoms with Crippen molar-refractivity contribution in [1.82, 2.24) is 0 Å². The smallest absolute Gasteiger partial charge is 0.221 e. The zero-order valence-electron chi connectivity index (χ0n) is 14.5. The Bertz CT molecular complexity index is 763. The van der Waals surface area contributed by atoms with Crippen LogP contribution in [-0.4, -0.2) is 23.6 Å². The summed E-state index contributed by atoms with van der Waals surface area (Å²) in [6.45, 7) is 4.91. The number of carbonyl (C=O) groups is 3. The van der Waals surface area contributed by atoms with E-state index < -0.39 is 6.10 Å². The van der Waals surface area contributed by atoms with Crippen molar-refractivity contribution in [3.05, 3.63) is 59.7 Å². The molecule has 2 rings (SSSR count). The molecule has 130 valence electrons. The van der Waals surface area contributed by atoms with Crippen molar-refractivity contribution in [3.8, 4) is 5.75 Å². The van der Waals surface area contributed by atoms with Crippen molar-refractivity contribution in [3.63, 3.8) is 0 Å². The van der Waals surface area contributed by atoms with Gasteiger partial charge in [-0.2, -0.15) is 0 Å². The third-order valence-electron chi connectivity index (χ3n) is 3.67. The highest BCUT2D eigenvalue weighted by molar-refractivity contribution is 6.00. The summed E-state index contributed by atoms with van der Waals surface area (Å²) in [6, 6.07) is 13.4. The van der Waals surface area contributed by atoms with E-state index in [1.165, 1.54) is 6.92 Å². The summed E-state index contributed by atoms with van der Waals surface area (Å²) >= 11 is 0. The number of anilines is 1. The van der Waals surface area contributed by atoms with Crippen LogP contribution in [0, 0.1) is 0 Å². The molecule has 0 saturated heterocycles. The van der Waals surface area contributed by atoms with E-state index in [4.69, 9.17) is 4.74 Å². The average molecular weight is 339 g/mol. The minimum Gasteiger partial charge on any atom is -0.483 e. The fraction of sp³-hybridized carbons (Fsp3) is 0.250. The van der Waals surface area contributed by atoms with E-state index in [2.05, 4.69) is 5.32 Å². The normalized spacial score (nSPS) is 11.5. The van der Waals surface area contributed by atoms with Crippen molar-refractivity contribution in [2.45, 2.75) is 33.3 Å². The van der Waals surface area contributed by atoms with E-state index in [-0.39, 0.29) is 17.5 Å². The predicted molar refractivity (Wildman–Crippen MR) is 96.2 cm³/mol. The SMILES string of the molecule is CCC(=O)c1ccc(O[C@@H](C)C(=O)c2ccc(NC(C)=O)cc2)cc1. The lowest BCUT2D eigenvalue weighted by Gasteiger charge is -2.14. The number of rotatable bonds is 7. The summed E-state index contributed by atoms with van der Waals surface area (Å²) in [5.41, 5.74) is 1.76. The molecule has 0 aliphatic heterocycles. The number of nitrogens with one attached hydrogen (secondary N) is 1. The molecule has 2 aromatic carbocycles. The first kappa shape index (κ1) is 18.4. The predicted octanol–water partition coefficient (Wildman–Crippen LogP) is 3.89. The number of hydrogen-bond donors (Lipinski definition) is 1. The maximum absolute atomic E-state index is 12.4. The highest BCUT2D eigenvalue weighted by Crippen LogP contribution is 2.17. The summed E-state index contributed by atoms with van der Waals surface area (Å²) < 4.78 is 5.66. The van der Waals surface area contributed by atoms with E-state index in [0.29, 0.717) is 29.0 Å². The van der Waals surface area contributed by atoms with Gasteiger partial charge in [-0.25, -0.2) is 0 Å². The second kappa shape index (κ2) is 8.24. The summed E-state index contributed by atoms with van der Waals surface area (Å²) in [4.78, 5) is 35.1.